The fourth-order valence-corrected chi connectivity index (χ4v) is 1.80. The van der Waals surface area contributed by atoms with Crippen molar-refractivity contribution in [3.05, 3.63) is 42.6 Å². The van der Waals surface area contributed by atoms with E-state index in [1.807, 2.05) is 0 Å². The normalized spacial score (nSPS) is 12.7. The molecule has 0 aliphatic carbocycles. The monoisotopic (exact) mass is 330 g/mol. The van der Waals surface area contributed by atoms with Gasteiger partial charge in [0.1, 0.15) is 18.3 Å². The van der Waals surface area contributed by atoms with Crippen molar-refractivity contribution in [3.63, 3.8) is 0 Å². The number of rotatable bonds is 5. The number of carbonyl (C=O) groups excluding carboxylic acids is 2. The van der Waals surface area contributed by atoms with E-state index in [-0.39, 0.29) is 6.54 Å². The number of alkyl halides is 3. The molecule has 2 amide bonds. The van der Waals surface area contributed by atoms with Crippen molar-refractivity contribution in [3.8, 4) is 0 Å². The van der Waals surface area contributed by atoms with E-state index in [1.165, 1.54) is 22.5 Å². The predicted octanol–water partition coefficient (Wildman–Crippen LogP) is 0.860. The largest absolute Gasteiger partial charge is 0.467 e. The summed E-state index contributed by atoms with van der Waals surface area (Å²) in [5.74, 6) is -2.05. The smallest absolute Gasteiger partial charge is 0.405 e. The van der Waals surface area contributed by atoms with Gasteiger partial charge in [0.2, 0.25) is 0 Å². The van der Waals surface area contributed by atoms with Crippen molar-refractivity contribution in [1.29, 1.82) is 0 Å². The van der Waals surface area contributed by atoms with Gasteiger partial charge in [0.05, 0.1) is 6.26 Å². The first-order valence-corrected chi connectivity index (χ1v) is 6.52. The first-order chi connectivity index (χ1) is 10.9. The predicted molar refractivity (Wildman–Crippen MR) is 71.1 cm³/mol. The van der Waals surface area contributed by atoms with E-state index in [0.717, 1.165) is 0 Å². The van der Waals surface area contributed by atoms with Gasteiger partial charge in [0.25, 0.3) is 0 Å². The first kappa shape index (κ1) is 16.6. The first-order valence-electron chi connectivity index (χ1n) is 6.52. The minimum atomic E-state index is -4.58. The molecule has 0 bridgehead atoms. The Morgan fingerprint density at radius 2 is 2.00 bits per heavy atom. The maximum absolute atomic E-state index is 12.0. The fraction of sp³-hybridized carbons (Fsp3) is 0.308. The van der Waals surface area contributed by atoms with Crippen LogP contribution in [0.2, 0.25) is 0 Å². The van der Waals surface area contributed by atoms with Crippen molar-refractivity contribution in [1.82, 2.24) is 20.4 Å². The minimum Gasteiger partial charge on any atom is -0.467 e. The minimum absolute atomic E-state index is 0.0759. The molecule has 0 saturated heterocycles. The molecule has 2 N–H and O–H groups in total. The van der Waals surface area contributed by atoms with Crippen LogP contribution < -0.4 is 10.6 Å². The SMILES string of the molecule is O=C(NCC(c1ccco1)n1cccn1)C(=O)NCC(F)(F)F. The van der Waals surface area contributed by atoms with Gasteiger partial charge in [-0.1, -0.05) is 0 Å². The summed E-state index contributed by atoms with van der Waals surface area (Å²) in [6.45, 7) is -1.65. The van der Waals surface area contributed by atoms with Gasteiger partial charge in [-0.05, 0) is 18.2 Å². The molecule has 2 heterocycles. The summed E-state index contributed by atoms with van der Waals surface area (Å²) in [6, 6.07) is 4.43. The fourth-order valence-electron chi connectivity index (χ4n) is 1.80. The number of carbonyl (C=O) groups is 2. The summed E-state index contributed by atoms with van der Waals surface area (Å²) in [5.41, 5.74) is 0. The molecule has 0 aromatic carbocycles. The van der Waals surface area contributed by atoms with Gasteiger partial charge in [-0.15, -0.1) is 0 Å². The van der Waals surface area contributed by atoms with Crippen molar-refractivity contribution >= 4 is 11.8 Å². The molecule has 7 nitrogen and oxygen atoms in total. The molecule has 0 fully saturated rings. The molecule has 0 radical (unpaired) electrons. The van der Waals surface area contributed by atoms with Crippen molar-refractivity contribution in [2.24, 2.45) is 0 Å². The van der Waals surface area contributed by atoms with Crippen molar-refractivity contribution in [2.45, 2.75) is 12.2 Å². The lowest BCUT2D eigenvalue weighted by Crippen LogP contribution is -2.44. The Labute approximate surface area is 128 Å². The molecule has 2 rings (SSSR count). The Morgan fingerprint density at radius 1 is 1.26 bits per heavy atom. The number of aromatic nitrogens is 2. The molecule has 10 heteroatoms. The van der Waals surface area contributed by atoms with Gasteiger partial charge in [-0.3, -0.25) is 14.3 Å². The van der Waals surface area contributed by atoms with Crippen molar-refractivity contribution < 1.29 is 27.2 Å². The second kappa shape index (κ2) is 6.99. The number of halogens is 3. The molecule has 0 spiro atoms. The Morgan fingerprint density at radius 3 is 2.57 bits per heavy atom. The molecule has 23 heavy (non-hydrogen) atoms. The van der Waals surface area contributed by atoms with E-state index in [0.29, 0.717) is 5.76 Å². The number of nitrogens with one attached hydrogen (secondary N) is 2. The average molecular weight is 330 g/mol. The maximum atomic E-state index is 12.0. The highest BCUT2D eigenvalue weighted by Crippen LogP contribution is 2.17. The van der Waals surface area contributed by atoms with Crippen LogP contribution in [-0.4, -0.2) is 40.9 Å². The van der Waals surface area contributed by atoms with Crippen LogP contribution in [0.4, 0.5) is 13.2 Å². The molecular formula is C13H13F3N4O3. The van der Waals surface area contributed by atoms with E-state index in [2.05, 4.69) is 10.4 Å². The summed E-state index contributed by atoms with van der Waals surface area (Å²) in [7, 11) is 0. The van der Waals surface area contributed by atoms with E-state index >= 15 is 0 Å². The molecule has 0 saturated carbocycles. The third-order valence-electron chi connectivity index (χ3n) is 2.83. The number of amides is 2. The summed E-state index contributed by atoms with van der Waals surface area (Å²) >= 11 is 0. The molecule has 2 aromatic rings. The number of nitrogens with zero attached hydrogens (tertiary/aromatic N) is 2. The summed E-state index contributed by atoms with van der Waals surface area (Å²) in [4.78, 5) is 22.9. The summed E-state index contributed by atoms with van der Waals surface area (Å²) in [6.07, 6.45) is 0.00225. The van der Waals surface area contributed by atoms with Crippen LogP contribution in [0.5, 0.6) is 0 Å². The van der Waals surface area contributed by atoms with E-state index in [9.17, 15) is 22.8 Å². The lowest BCUT2D eigenvalue weighted by Gasteiger charge is -2.16. The standard InChI is InChI=1S/C13H13F3N4O3/c14-13(15,16)8-18-12(22)11(21)17-7-9(10-3-1-6-23-10)20-5-2-4-19-20/h1-6,9H,7-8H2,(H,17,21)(H,18,22). The third-order valence-corrected chi connectivity index (χ3v) is 2.83. The van der Waals surface area contributed by atoms with Gasteiger partial charge in [0.15, 0.2) is 0 Å². The Bertz CT molecular complexity index is 604. The van der Waals surface area contributed by atoms with Crippen LogP contribution in [0, 0.1) is 0 Å². The van der Waals surface area contributed by atoms with Gasteiger partial charge >= 0.3 is 18.0 Å². The second-order valence-electron chi connectivity index (χ2n) is 4.53. The highest BCUT2D eigenvalue weighted by Gasteiger charge is 2.29. The van der Waals surface area contributed by atoms with Crippen LogP contribution in [-0.2, 0) is 9.59 Å². The lowest BCUT2D eigenvalue weighted by atomic mass is 10.2. The van der Waals surface area contributed by atoms with Crippen LogP contribution >= 0.6 is 0 Å². The van der Waals surface area contributed by atoms with Gasteiger partial charge in [0, 0.05) is 18.9 Å². The zero-order chi connectivity index (χ0) is 16.9. The van der Waals surface area contributed by atoms with E-state index < -0.39 is 30.6 Å². The molecular weight excluding hydrogens is 317 g/mol. The molecule has 0 aliphatic heterocycles. The average Bonchev–Trinajstić information content (AvgIpc) is 3.17. The van der Waals surface area contributed by atoms with E-state index in [1.54, 1.807) is 24.4 Å². The van der Waals surface area contributed by atoms with Gasteiger partial charge in [-0.25, -0.2) is 0 Å². The Balaban J connectivity index is 1.94. The van der Waals surface area contributed by atoms with Crippen LogP contribution in [0.15, 0.2) is 41.3 Å². The zero-order valence-corrected chi connectivity index (χ0v) is 11.7. The van der Waals surface area contributed by atoms with E-state index in [4.69, 9.17) is 4.42 Å². The van der Waals surface area contributed by atoms with Gasteiger partial charge < -0.3 is 15.1 Å². The topological polar surface area (TPSA) is 89.2 Å². The Hall–Kier alpha value is -2.78. The maximum Gasteiger partial charge on any atom is 0.405 e. The number of hydrogen-bond acceptors (Lipinski definition) is 4. The zero-order valence-electron chi connectivity index (χ0n) is 11.7. The van der Waals surface area contributed by atoms with Crippen LogP contribution in [0.3, 0.4) is 0 Å². The second-order valence-corrected chi connectivity index (χ2v) is 4.53. The highest BCUT2D eigenvalue weighted by atomic mass is 19.4. The van der Waals surface area contributed by atoms with Crippen molar-refractivity contribution in [2.75, 3.05) is 13.1 Å². The quantitative estimate of drug-likeness (QED) is 0.796. The van der Waals surface area contributed by atoms with Crippen LogP contribution in [0.1, 0.15) is 11.8 Å². The Kier molecular flexibility index (Phi) is 5.04. The molecule has 0 aliphatic rings. The molecule has 124 valence electrons. The van der Waals surface area contributed by atoms with Crippen LogP contribution in [0.25, 0.3) is 0 Å². The lowest BCUT2D eigenvalue weighted by molar-refractivity contribution is -0.146. The molecule has 1 atom stereocenters. The molecule has 1 unspecified atom stereocenters. The third kappa shape index (κ3) is 4.87. The number of furan rings is 1. The number of hydrogen-bond donors (Lipinski definition) is 2. The van der Waals surface area contributed by atoms with Gasteiger partial charge in [-0.2, -0.15) is 18.3 Å². The summed E-state index contributed by atoms with van der Waals surface area (Å²) in [5, 5.41) is 7.77. The summed E-state index contributed by atoms with van der Waals surface area (Å²) < 4.78 is 42.7. The molecule has 2 aromatic heterocycles. The highest BCUT2D eigenvalue weighted by molar-refractivity contribution is 6.35.